The highest BCUT2D eigenvalue weighted by atomic mass is 32.2. The van der Waals surface area contributed by atoms with E-state index in [4.69, 9.17) is 15.0 Å². The van der Waals surface area contributed by atoms with Crippen molar-refractivity contribution >= 4 is 10.1 Å². The molecule has 5 nitrogen and oxygen atoms in total. The zero-order chi connectivity index (χ0) is 17.5. The smallest absolute Gasteiger partial charge is 0.264 e. The topological polar surface area (TPSA) is 89.6 Å². The van der Waals surface area contributed by atoms with E-state index in [1.807, 2.05) is 44.2 Å². The van der Waals surface area contributed by atoms with E-state index in [1.54, 1.807) is 6.08 Å². The third-order valence-electron chi connectivity index (χ3n) is 3.79. The molecule has 0 aromatic heterocycles. The van der Waals surface area contributed by atoms with Crippen molar-refractivity contribution in [1.29, 1.82) is 0 Å². The van der Waals surface area contributed by atoms with E-state index in [9.17, 15) is 8.42 Å². The fraction of sp³-hybridized carbons (Fsp3) is 0.529. The van der Waals surface area contributed by atoms with Gasteiger partial charge in [-0.1, -0.05) is 50.3 Å². The zero-order valence-electron chi connectivity index (χ0n) is 13.8. The molecule has 0 spiro atoms. The van der Waals surface area contributed by atoms with Crippen molar-refractivity contribution < 1.29 is 17.7 Å². The molecule has 1 rings (SSSR count). The maximum atomic E-state index is 10.8. The summed E-state index contributed by atoms with van der Waals surface area (Å²) in [6.45, 7) is 8.33. The van der Waals surface area contributed by atoms with E-state index in [-0.39, 0.29) is 29.7 Å². The molecule has 0 bridgehead atoms. The maximum Gasteiger partial charge on any atom is 0.264 e. The Morgan fingerprint density at radius 2 is 1.96 bits per heavy atom. The molecule has 0 aliphatic rings. The molecule has 0 saturated carbocycles. The van der Waals surface area contributed by atoms with Gasteiger partial charge in [-0.25, -0.2) is 0 Å². The van der Waals surface area contributed by atoms with Gasteiger partial charge in [0.1, 0.15) is 0 Å². The number of hydrogen-bond donors (Lipinski definition) is 2. The van der Waals surface area contributed by atoms with Gasteiger partial charge in [-0.15, -0.1) is 6.58 Å². The van der Waals surface area contributed by atoms with E-state index in [0.29, 0.717) is 13.0 Å². The molecule has 0 fully saturated rings. The summed E-state index contributed by atoms with van der Waals surface area (Å²) in [5.74, 6) is -0.326. The Labute approximate surface area is 139 Å². The van der Waals surface area contributed by atoms with E-state index in [2.05, 4.69) is 6.58 Å². The Hall–Kier alpha value is -1.21. The van der Waals surface area contributed by atoms with Crippen molar-refractivity contribution in [3.63, 3.8) is 0 Å². The van der Waals surface area contributed by atoms with Crippen molar-refractivity contribution in [1.82, 2.24) is 0 Å². The minimum absolute atomic E-state index is 0.209. The first kappa shape index (κ1) is 19.8. The lowest BCUT2D eigenvalue weighted by molar-refractivity contribution is -0.0104. The highest BCUT2D eigenvalue weighted by molar-refractivity contribution is 7.85. The minimum atomic E-state index is -3.98. The normalized spacial score (nSPS) is 15.1. The van der Waals surface area contributed by atoms with E-state index in [0.717, 1.165) is 5.56 Å². The number of rotatable bonds is 10. The number of benzene rings is 1. The molecule has 1 aromatic rings. The monoisotopic (exact) mass is 341 g/mol. The summed E-state index contributed by atoms with van der Waals surface area (Å²) >= 11 is 0. The van der Waals surface area contributed by atoms with Crippen LogP contribution in [0.15, 0.2) is 43.0 Å². The molecule has 1 unspecified atom stereocenters. The fourth-order valence-corrected chi connectivity index (χ4v) is 3.17. The zero-order valence-corrected chi connectivity index (χ0v) is 14.6. The van der Waals surface area contributed by atoms with Crippen molar-refractivity contribution in [3.05, 3.63) is 48.6 Å². The SMILES string of the molecule is C=C[C@H](OCc1ccccc1)C(C)(C)CC(N)CCS(=O)(=O)O. The fourth-order valence-electron chi connectivity index (χ4n) is 2.57. The second kappa shape index (κ2) is 8.59. The molecule has 2 atom stereocenters. The van der Waals surface area contributed by atoms with E-state index in [1.165, 1.54) is 0 Å². The predicted octanol–water partition coefficient (Wildman–Crippen LogP) is 2.78. The molecule has 0 radical (unpaired) electrons. The van der Waals surface area contributed by atoms with Crippen molar-refractivity contribution in [3.8, 4) is 0 Å². The average Bonchev–Trinajstić information content (AvgIpc) is 2.45. The Bertz CT molecular complexity index is 584. The summed E-state index contributed by atoms with van der Waals surface area (Å²) in [5.41, 5.74) is 6.78. The highest BCUT2D eigenvalue weighted by Crippen LogP contribution is 2.31. The number of nitrogens with two attached hydrogens (primary N) is 1. The van der Waals surface area contributed by atoms with Gasteiger partial charge < -0.3 is 10.5 Å². The van der Waals surface area contributed by atoms with Crippen molar-refractivity contribution in [2.24, 2.45) is 11.1 Å². The van der Waals surface area contributed by atoms with Crippen molar-refractivity contribution in [2.45, 2.75) is 45.4 Å². The quantitative estimate of drug-likeness (QED) is 0.504. The summed E-state index contributed by atoms with van der Waals surface area (Å²) in [6.07, 6.45) is 2.32. The van der Waals surface area contributed by atoms with Crippen LogP contribution in [0.3, 0.4) is 0 Å². The van der Waals surface area contributed by atoms with Crippen LogP contribution in [0.4, 0.5) is 0 Å². The summed E-state index contributed by atoms with van der Waals surface area (Å²) in [7, 11) is -3.98. The second-order valence-electron chi connectivity index (χ2n) is 6.48. The van der Waals surface area contributed by atoms with E-state index < -0.39 is 10.1 Å². The Morgan fingerprint density at radius 3 is 2.48 bits per heavy atom. The van der Waals surface area contributed by atoms with Crippen LogP contribution < -0.4 is 5.73 Å². The van der Waals surface area contributed by atoms with Crippen LogP contribution in [0.1, 0.15) is 32.3 Å². The van der Waals surface area contributed by atoms with Crippen LogP contribution in [0, 0.1) is 5.41 Å². The van der Waals surface area contributed by atoms with Gasteiger partial charge in [-0.2, -0.15) is 8.42 Å². The van der Waals surface area contributed by atoms with Crippen LogP contribution in [0.5, 0.6) is 0 Å². The van der Waals surface area contributed by atoms with Gasteiger partial charge >= 0.3 is 0 Å². The number of ether oxygens (including phenoxy) is 1. The molecule has 0 heterocycles. The van der Waals surface area contributed by atoms with Gasteiger partial charge in [0.2, 0.25) is 0 Å². The maximum absolute atomic E-state index is 10.8. The van der Waals surface area contributed by atoms with Gasteiger partial charge in [0.05, 0.1) is 18.5 Å². The largest absolute Gasteiger partial charge is 0.369 e. The molecule has 0 amide bonds. The molecule has 3 N–H and O–H groups in total. The number of hydrogen-bond acceptors (Lipinski definition) is 4. The van der Waals surface area contributed by atoms with Crippen molar-refractivity contribution in [2.75, 3.05) is 5.75 Å². The lowest BCUT2D eigenvalue weighted by atomic mass is 9.80. The second-order valence-corrected chi connectivity index (χ2v) is 8.05. The standard InChI is InChI=1S/C17H27NO4S/c1-4-16(22-13-14-8-6-5-7-9-14)17(2,3)12-15(18)10-11-23(19,20)21/h4-9,15-16H,1,10-13,18H2,2-3H3,(H,19,20,21)/t15?,16-/m0/s1. The molecule has 0 saturated heterocycles. The van der Waals surface area contributed by atoms with Gasteiger partial charge in [0.15, 0.2) is 0 Å². The molecule has 6 heteroatoms. The average molecular weight is 341 g/mol. The van der Waals surface area contributed by atoms with Gasteiger partial charge in [0.25, 0.3) is 10.1 Å². The van der Waals surface area contributed by atoms with Gasteiger partial charge in [-0.3, -0.25) is 4.55 Å². The van der Waals surface area contributed by atoms with Gasteiger partial charge in [0, 0.05) is 6.04 Å². The Morgan fingerprint density at radius 1 is 1.35 bits per heavy atom. The lowest BCUT2D eigenvalue weighted by Gasteiger charge is -2.34. The molecule has 23 heavy (non-hydrogen) atoms. The summed E-state index contributed by atoms with van der Waals surface area (Å²) in [6, 6.07) is 9.51. The first-order valence-electron chi connectivity index (χ1n) is 7.63. The highest BCUT2D eigenvalue weighted by Gasteiger charge is 2.30. The molecular weight excluding hydrogens is 314 g/mol. The Kier molecular flexibility index (Phi) is 7.41. The lowest BCUT2D eigenvalue weighted by Crippen LogP contribution is -2.37. The van der Waals surface area contributed by atoms with Crippen LogP contribution in [0.25, 0.3) is 0 Å². The summed E-state index contributed by atoms with van der Waals surface area (Å²) in [5, 5.41) is 0. The molecule has 0 aliphatic carbocycles. The molecule has 0 aliphatic heterocycles. The molecular formula is C17H27NO4S. The third kappa shape index (κ3) is 7.74. The first-order chi connectivity index (χ1) is 10.6. The minimum Gasteiger partial charge on any atom is -0.369 e. The first-order valence-corrected chi connectivity index (χ1v) is 9.24. The molecule has 130 valence electrons. The molecule has 1 aromatic carbocycles. The van der Waals surface area contributed by atoms with Crippen LogP contribution in [-0.2, 0) is 21.5 Å². The Balaban J connectivity index is 2.58. The van der Waals surface area contributed by atoms with Crippen LogP contribution >= 0.6 is 0 Å². The van der Waals surface area contributed by atoms with E-state index >= 15 is 0 Å². The van der Waals surface area contributed by atoms with Crippen LogP contribution in [-0.4, -0.2) is 30.9 Å². The summed E-state index contributed by atoms with van der Waals surface area (Å²) in [4.78, 5) is 0. The van der Waals surface area contributed by atoms with Gasteiger partial charge in [-0.05, 0) is 23.8 Å². The predicted molar refractivity (Wildman–Crippen MR) is 92.6 cm³/mol. The van der Waals surface area contributed by atoms with Crippen LogP contribution in [0.2, 0.25) is 0 Å². The summed E-state index contributed by atoms with van der Waals surface area (Å²) < 4.78 is 36.4. The third-order valence-corrected chi connectivity index (χ3v) is 4.54.